The normalized spacial score (nSPS) is 16.1. The average Bonchev–Trinajstić information content (AvgIpc) is 2.55. The zero-order chi connectivity index (χ0) is 16.7. The minimum Gasteiger partial charge on any atom is -0.479 e. The van der Waals surface area contributed by atoms with Crippen molar-refractivity contribution in [3.8, 4) is 5.75 Å². The number of carbonyl (C=O) groups excluding carboxylic acids is 1. The Kier molecular flexibility index (Phi) is 9.44. The van der Waals surface area contributed by atoms with E-state index in [-0.39, 0.29) is 18.3 Å². The lowest BCUT2D eigenvalue weighted by atomic mass is 10.2. The van der Waals surface area contributed by atoms with Gasteiger partial charge in [-0.1, -0.05) is 17.7 Å². The average molecular weight is 376 g/mol. The number of ether oxygens (including phenoxy) is 1. The molecule has 1 atom stereocenters. The molecule has 1 aromatic carbocycles. The van der Waals surface area contributed by atoms with E-state index < -0.39 is 6.10 Å². The van der Waals surface area contributed by atoms with Crippen LogP contribution in [0, 0.1) is 6.92 Å². The van der Waals surface area contributed by atoms with Crippen LogP contribution in [0.1, 0.15) is 18.9 Å². The van der Waals surface area contributed by atoms with Crippen molar-refractivity contribution in [1.82, 2.24) is 15.5 Å². The molecule has 1 aliphatic rings. The molecule has 136 valence electrons. The molecule has 2 rings (SSSR count). The minimum absolute atomic E-state index is 0. The molecule has 0 bridgehead atoms. The maximum absolute atomic E-state index is 12.1. The van der Waals surface area contributed by atoms with Crippen LogP contribution < -0.4 is 15.4 Å². The SMILES string of the molecule is Cc1ccc(Cl)c(OC(C)C(=O)NCCCN2CCNCC2)c1.Cl. The summed E-state index contributed by atoms with van der Waals surface area (Å²) in [5, 5.41) is 6.78. The van der Waals surface area contributed by atoms with E-state index in [1.54, 1.807) is 13.0 Å². The van der Waals surface area contributed by atoms with Crippen LogP contribution in [0.5, 0.6) is 5.75 Å². The summed E-state index contributed by atoms with van der Waals surface area (Å²) < 4.78 is 5.67. The summed E-state index contributed by atoms with van der Waals surface area (Å²) in [6, 6.07) is 5.54. The van der Waals surface area contributed by atoms with Gasteiger partial charge in [-0.05, 0) is 44.5 Å². The van der Waals surface area contributed by atoms with Gasteiger partial charge in [-0.15, -0.1) is 12.4 Å². The Labute approximate surface area is 155 Å². The number of aryl methyl sites for hydroxylation is 1. The molecule has 1 fully saturated rings. The smallest absolute Gasteiger partial charge is 0.260 e. The molecule has 5 nitrogen and oxygen atoms in total. The zero-order valence-electron chi connectivity index (χ0n) is 14.3. The molecule has 7 heteroatoms. The van der Waals surface area contributed by atoms with Gasteiger partial charge < -0.3 is 20.3 Å². The second-order valence-electron chi connectivity index (χ2n) is 5.93. The van der Waals surface area contributed by atoms with E-state index in [9.17, 15) is 4.79 Å². The van der Waals surface area contributed by atoms with Gasteiger partial charge in [-0.25, -0.2) is 0 Å². The molecular formula is C17H27Cl2N3O2. The van der Waals surface area contributed by atoms with E-state index in [0.29, 0.717) is 17.3 Å². The summed E-state index contributed by atoms with van der Waals surface area (Å²) in [6.45, 7) is 9.65. The largest absolute Gasteiger partial charge is 0.479 e. The van der Waals surface area contributed by atoms with Gasteiger partial charge in [0, 0.05) is 32.7 Å². The summed E-state index contributed by atoms with van der Waals surface area (Å²) >= 11 is 6.09. The summed E-state index contributed by atoms with van der Waals surface area (Å²) in [4.78, 5) is 14.5. The molecule has 2 N–H and O–H groups in total. The Morgan fingerprint density at radius 3 is 2.83 bits per heavy atom. The first kappa shape index (κ1) is 21.0. The van der Waals surface area contributed by atoms with Crippen molar-refractivity contribution in [3.63, 3.8) is 0 Å². The lowest BCUT2D eigenvalue weighted by molar-refractivity contribution is -0.127. The number of benzene rings is 1. The fourth-order valence-corrected chi connectivity index (χ4v) is 2.70. The van der Waals surface area contributed by atoms with Crippen LogP contribution in [0.4, 0.5) is 0 Å². The third-order valence-electron chi connectivity index (χ3n) is 3.92. The molecule has 1 amide bonds. The molecule has 1 heterocycles. The number of amides is 1. The van der Waals surface area contributed by atoms with Crippen molar-refractivity contribution in [2.45, 2.75) is 26.4 Å². The predicted octanol–water partition coefficient (Wildman–Crippen LogP) is 2.25. The second-order valence-corrected chi connectivity index (χ2v) is 6.34. The summed E-state index contributed by atoms with van der Waals surface area (Å²) in [5.74, 6) is 0.443. The molecule has 1 aromatic rings. The van der Waals surface area contributed by atoms with Gasteiger partial charge in [0.25, 0.3) is 5.91 Å². The summed E-state index contributed by atoms with van der Waals surface area (Å²) in [7, 11) is 0. The highest BCUT2D eigenvalue weighted by molar-refractivity contribution is 6.32. The van der Waals surface area contributed by atoms with E-state index >= 15 is 0 Å². The van der Waals surface area contributed by atoms with Crippen molar-refractivity contribution < 1.29 is 9.53 Å². The van der Waals surface area contributed by atoms with E-state index in [1.807, 2.05) is 19.1 Å². The Bertz CT molecular complexity index is 523. The Morgan fingerprint density at radius 2 is 2.12 bits per heavy atom. The molecule has 1 saturated heterocycles. The fraction of sp³-hybridized carbons (Fsp3) is 0.588. The number of hydrogen-bond acceptors (Lipinski definition) is 4. The van der Waals surface area contributed by atoms with Crippen LogP contribution in [0.15, 0.2) is 18.2 Å². The van der Waals surface area contributed by atoms with Crippen LogP contribution in [0.2, 0.25) is 5.02 Å². The third-order valence-corrected chi connectivity index (χ3v) is 4.23. The zero-order valence-corrected chi connectivity index (χ0v) is 15.9. The van der Waals surface area contributed by atoms with E-state index in [0.717, 1.165) is 44.7 Å². The molecule has 0 saturated carbocycles. The number of carbonyl (C=O) groups is 1. The van der Waals surface area contributed by atoms with E-state index in [4.69, 9.17) is 16.3 Å². The number of hydrogen-bond donors (Lipinski definition) is 2. The highest BCUT2D eigenvalue weighted by Crippen LogP contribution is 2.26. The Hall–Kier alpha value is -1.01. The molecule has 0 radical (unpaired) electrons. The third kappa shape index (κ3) is 6.85. The van der Waals surface area contributed by atoms with Gasteiger partial charge >= 0.3 is 0 Å². The maximum atomic E-state index is 12.1. The van der Waals surface area contributed by atoms with Gasteiger partial charge in [-0.3, -0.25) is 4.79 Å². The van der Waals surface area contributed by atoms with Gasteiger partial charge in [0.05, 0.1) is 5.02 Å². The van der Waals surface area contributed by atoms with Gasteiger partial charge in [0.15, 0.2) is 6.10 Å². The van der Waals surface area contributed by atoms with Crippen molar-refractivity contribution in [2.75, 3.05) is 39.3 Å². The molecule has 1 aliphatic heterocycles. The van der Waals surface area contributed by atoms with Crippen molar-refractivity contribution in [1.29, 1.82) is 0 Å². The van der Waals surface area contributed by atoms with Crippen molar-refractivity contribution in [2.24, 2.45) is 0 Å². The topological polar surface area (TPSA) is 53.6 Å². The monoisotopic (exact) mass is 375 g/mol. The highest BCUT2D eigenvalue weighted by Gasteiger charge is 2.16. The second kappa shape index (κ2) is 10.8. The number of halogens is 2. The first-order chi connectivity index (χ1) is 11.1. The van der Waals surface area contributed by atoms with Crippen LogP contribution in [-0.2, 0) is 4.79 Å². The number of nitrogens with one attached hydrogen (secondary N) is 2. The lowest BCUT2D eigenvalue weighted by Gasteiger charge is -2.27. The van der Waals surface area contributed by atoms with Crippen LogP contribution >= 0.6 is 24.0 Å². The minimum atomic E-state index is -0.562. The van der Waals surface area contributed by atoms with Gasteiger partial charge in [0.2, 0.25) is 0 Å². The lowest BCUT2D eigenvalue weighted by Crippen LogP contribution is -2.44. The maximum Gasteiger partial charge on any atom is 0.260 e. The quantitative estimate of drug-likeness (QED) is 0.717. The Balaban J connectivity index is 0.00000288. The molecule has 0 spiro atoms. The molecule has 0 aromatic heterocycles. The highest BCUT2D eigenvalue weighted by atomic mass is 35.5. The van der Waals surface area contributed by atoms with Gasteiger partial charge in [-0.2, -0.15) is 0 Å². The van der Waals surface area contributed by atoms with Crippen molar-refractivity contribution >= 4 is 29.9 Å². The standard InChI is InChI=1S/C17H26ClN3O2.ClH/c1-13-4-5-15(18)16(12-13)23-14(2)17(22)20-6-3-9-21-10-7-19-8-11-21;/h4-5,12,14,19H,3,6-11H2,1-2H3,(H,20,22);1H. The first-order valence-corrected chi connectivity index (χ1v) is 8.57. The molecular weight excluding hydrogens is 349 g/mol. The number of rotatable bonds is 7. The van der Waals surface area contributed by atoms with Crippen LogP contribution in [0.25, 0.3) is 0 Å². The first-order valence-electron chi connectivity index (χ1n) is 8.20. The number of nitrogens with zero attached hydrogens (tertiary/aromatic N) is 1. The molecule has 24 heavy (non-hydrogen) atoms. The molecule has 1 unspecified atom stereocenters. The molecule has 0 aliphatic carbocycles. The predicted molar refractivity (Wildman–Crippen MR) is 100 cm³/mol. The summed E-state index contributed by atoms with van der Waals surface area (Å²) in [6.07, 6.45) is 0.386. The van der Waals surface area contributed by atoms with Crippen LogP contribution in [-0.4, -0.2) is 56.2 Å². The van der Waals surface area contributed by atoms with E-state index in [1.165, 1.54) is 0 Å². The fourth-order valence-electron chi connectivity index (χ4n) is 2.54. The Morgan fingerprint density at radius 1 is 1.42 bits per heavy atom. The summed E-state index contributed by atoms with van der Waals surface area (Å²) in [5.41, 5.74) is 1.05. The van der Waals surface area contributed by atoms with E-state index in [2.05, 4.69) is 15.5 Å². The van der Waals surface area contributed by atoms with Crippen LogP contribution in [0.3, 0.4) is 0 Å². The van der Waals surface area contributed by atoms with Gasteiger partial charge in [0.1, 0.15) is 5.75 Å². The number of piperazine rings is 1. The van der Waals surface area contributed by atoms with Crippen molar-refractivity contribution in [3.05, 3.63) is 28.8 Å².